The van der Waals surface area contributed by atoms with E-state index >= 15 is 0 Å². The number of rotatable bonds is 5. The average Bonchev–Trinajstić information content (AvgIpc) is 3.02. The van der Waals surface area contributed by atoms with E-state index in [4.69, 9.17) is 0 Å². The van der Waals surface area contributed by atoms with Crippen LogP contribution in [0.15, 0.2) is 52.7 Å². The quantitative estimate of drug-likeness (QED) is 0.664. The fourth-order valence-corrected chi connectivity index (χ4v) is 3.06. The van der Waals surface area contributed by atoms with Gasteiger partial charge < -0.3 is 5.32 Å². The summed E-state index contributed by atoms with van der Waals surface area (Å²) >= 11 is 4.60. The van der Waals surface area contributed by atoms with Crippen molar-refractivity contribution in [3.05, 3.63) is 64.1 Å². The van der Waals surface area contributed by atoms with E-state index in [9.17, 15) is 9.59 Å². The lowest BCUT2D eigenvalue weighted by molar-refractivity contribution is -0.115. The van der Waals surface area contributed by atoms with Gasteiger partial charge in [-0.05, 0) is 18.2 Å². The molecule has 2 heterocycles. The van der Waals surface area contributed by atoms with E-state index < -0.39 is 5.91 Å². The second-order valence-electron chi connectivity index (χ2n) is 4.92. The van der Waals surface area contributed by atoms with Gasteiger partial charge in [0.05, 0.1) is 18.3 Å². The minimum absolute atomic E-state index is 0.115. The zero-order valence-electron chi connectivity index (χ0n) is 12.8. The number of anilines is 2. The summed E-state index contributed by atoms with van der Waals surface area (Å²) in [6.45, 7) is 0. The monoisotopic (exact) mass is 417 g/mol. The number of aromatic nitrogens is 3. The minimum atomic E-state index is -0.396. The molecule has 7 nitrogen and oxygen atoms in total. The van der Waals surface area contributed by atoms with Crippen molar-refractivity contribution in [1.82, 2.24) is 15.0 Å². The summed E-state index contributed by atoms with van der Waals surface area (Å²) in [6.07, 6.45) is 4.41. The summed E-state index contributed by atoms with van der Waals surface area (Å²) in [5.41, 5.74) is 1.48. The molecule has 0 radical (unpaired) electrons. The first-order valence-corrected chi connectivity index (χ1v) is 8.84. The highest BCUT2D eigenvalue weighted by atomic mass is 79.9. The number of carbonyl (C=O) groups excluding carboxylic acids is 2. The lowest BCUT2D eigenvalue weighted by Crippen LogP contribution is -2.15. The van der Waals surface area contributed by atoms with Crippen LogP contribution in [0.2, 0.25) is 0 Å². The number of nitrogens with zero attached hydrogens (tertiary/aromatic N) is 3. The molecule has 0 spiro atoms. The van der Waals surface area contributed by atoms with Crippen molar-refractivity contribution in [3.63, 3.8) is 0 Å². The highest BCUT2D eigenvalue weighted by Crippen LogP contribution is 2.18. The standard InChI is InChI=1S/C16H12BrN5O2S/c17-10-2-1-3-11(6-10)20-14(23)7-12-9-25-16(21-12)22-15(24)13-8-18-4-5-19-13/h1-6,8-9H,7H2,(H,20,23)(H,21,22,24). The van der Waals surface area contributed by atoms with Gasteiger partial charge in [0.15, 0.2) is 5.13 Å². The molecule has 1 aromatic carbocycles. The van der Waals surface area contributed by atoms with E-state index in [1.54, 1.807) is 11.4 Å². The van der Waals surface area contributed by atoms with Gasteiger partial charge in [0.25, 0.3) is 5.91 Å². The van der Waals surface area contributed by atoms with Crippen molar-refractivity contribution in [2.75, 3.05) is 10.6 Å². The predicted molar refractivity (Wildman–Crippen MR) is 98.6 cm³/mol. The second kappa shape index (κ2) is 7.95. The van der Waals surface area contributed by atoms with Crippen LogP contribution in [0.1, 0.15) is 16.2 Å². The van der Waals surface area contributed by atoms with Crippen LogP contribution < -0.4 is 10.6 Å². The highest BCUT2D eigenvalue weighted by molar-refractivity contribution is 9.10. The number of hydrogen-bond donors (Lipinski definition) is 2. The van der Waals surface area contributed by atoms with Crippen LogP contribution in [0.3, 0.4) is 0 Å². The Balaban J connectivity index is 1.58. The van der Waals surface area contributed by atoms with Crippen molar-refractivity contribution in [2.24, 2.45) is 0 Å². The van der Waals surface area contributed by atoms with Crippen LogP contribution in [-0.2, 0) is 11.2 Å². The first-order valence-electron chi connectivity index (χ1n) is 7.17. The maximum atomic E-state index is 12.1. The molecule has 2 aromatic heterocycles. The molecular formula is C16H12BrN5O2S. The Morgan fingerprint density at radius 3 is 2.84 bits per heavy atom. The minimum Gasteiger partial charge on any atom is -0.326 e. The smallest absolute Gasteiger partial charge is 0.277 e. The van der Waals surface area contributed by atoms with Gasteiger partial charge in [-0.3, -0.25) is 19.9 Å². The van der Waals surface area contributed by atoms with Gasteiger partial charge in [-0.1, -0.05) is 22.0 Å². The lowest BCUT2D eigenvalue weighted by Gasteiger charge is -2.04. The molecule has 2 amide bonds. The number of carbonyl (C=O) groups is 2. The van der Waals surface area contributed by atoms with Gasteiger partial charge in [-0.25, -0.2) is 9.97 Å². The Labute approximate surface area is 155 Å². The molecule has 0 atom stereocenters. The van der Waals surface area contributed by atoms with Crippen LogP contribution in [0.5, 0.6) is 0 Å². The lowest BCUT2D eigenvalue weighted by atomic mass is 10.3. The van der Waals surface area contributed by atoms with Gasteiger partial charge in [-0.15, -0.1) is 11.3 Å². The number of halogens is 1. The van der Waals surface area contributed by atoms with Gasteiger partial charge in [0.1, 0.15) is 5.69 Å². The predicted octanol–water partition coefficient (Wildman–Crippen LogP) is 3.13. The Bertz CT molecular complexity index is 900. The molecule has 2 N–H and O–H groups in total. The third kappa shape index (κ3) is 4.91. The van der Waals surface area contributed by atoms with E-state index in [1.165, 1.54) is 29.9 Å². The summed E-state index contributed by atoms with van der Waals surface area (Å²) < 4.78 is 0.882. The molecule has 0 aliphatic rings. The molecule has 0 saturated heterocycles. The van der Waals surface area contributed by atoms with Crippen LogP contribution in [-0.4, -0.2) is 26.8 Å². The topological polar surface area (TPSA) is 96.9 Å². The van der Waals surface area contributed by atoms with E-state index in [2.05, 4.69) is 41.5 Å². The molecule has 3 aromatic rings. The zero-order valence-corrected chi connectivity index (χ0v) is 15.2. The van der Waals surface area contributed by atoms with E-state index in [-0.39, 0.29) is 18.0 Å². The summed E-state index contributed by atoms with van der Waals surface area (Å²) in [6, 6.07) is 7.33. The third-order valence-corrected chi connectivity index (χ3v) is 4.32. The summed E-state index contributed by atoms with van der Waals surface area (Å²) in [5, 5.41) is 7.57. The molecule has 0 aliphatic carbocycles. The van der Waals surface area contributed by atoms with Crippen LogP contribution in [0, 0.1) is 0 Å². The van der Waals surface area contributed by atoms with E-state index in [0.29, 0.717) is 16.5 Å². The highest BCUT2D eigenvalue weighted by Gasteiger charge is 2.12. The normalized spacial score (nSPS) is 10.3. The molecule has 25 heavy (non-hydrogen) atoms. The van der Waals surface area contributed by atoms with Gasteiger partial charge in [0.2, 0.25) is 5.91 Å². The molecule has 0 saturated carbocycles. The average molecular weight is 418 g/mol. The Morgan fingerprint density at radius 2 is 2.08 bits per heavy atom. The molecule has 0 bridgehead atoms. The molecule has 0 aliphatic heterocycles. The van der Waals surface area contributed by atoms with Crippen molar-refractivity contribution < 1.29 is 9.59 Å². The summed E-state index contributed by atoms with van der Waals surface area (Å²) in [7, 11) is 0. The number of amides is 2. The maximum Gasteiger partial charge on any atom is 0.277 e. The zero-order chi connectivity index (χ0) is 17.6. The second-order valence-corrected chi connectivity index (χ2v) is 6.70. The Hall–Kier alpha value is -2.65. The summed E-state index contributed by atoms with van der Waals surface area (Å²) in [5.74, 6) is -0.581. The van der Waals surface area contributed by atoms with Crippen molar-refractivity contribution in [1.29, 1.82) is 0 Å². The van der Waals surface area contributed by atoms with Crippen LogP contribution >= 0.6 is 27.3 Å². The molecule has 9 heteroatoms. The summed E-state index contributed by atoms with van der Waals surface area (Å²) in [4.78, 5) is 36.1. The maximum absolute atomic E-state index is 12.1. The molecule has 0 unspecified atom stereocenters. The number of benzene rings is 1. The third-order valence-electron chi connectivity index (χ3n) is 3.02. The molecular weight excluding hydrogens is 406 g/mol. The number of hydrogen-bond acceptors (Lipinski definition) is 6. The largest absolute Gasteiger partial charge is 0.326 e. The van der Waals surface area contributed by atoms with E-state index in [1.807, 2.05) is 18.2 Å². The van der Waals surface area contributed by atoms with Crippen molar-refractivity contribution in [2.45, 2.75) is 6.42 Å². The molecule has 126 valence electrons. The first kappa shape index (κ1) is 17.2. The van der Waals surface area contributed by atoms with Gasteiger partial charge in [-0.2, -0.15) is 0 Å². The fraction of sp³-hybridized carbons (Fsp3) is 0.0625. The SMILES string of the molecule is O=C(Cc1csc(NC(=O)c2cnccn2)n1)Nc1cccc(Br)c1. The first-order chi connectivity index (χ1) is 12.1. The van der Waals surface area contributed by atoms with Gasteiger partial charge >= 0.3 is 0 Å². The molecule has 0 fully saturated rings. The van der Waals surface area contributed by atoms with Crippen LogP contribution in [0.4, 0.5) is 10.8 Å². The number of thiazole rings is 1. The molecule has 3 rings (SSSR count). The van der Waals surface area contributed by atoms with Gasteiger partial charge in [0, 0.05) is 27.9 Å². The van der Waals surface area contributed by atoms with Crippen molar-refractivity contribution >= 4 is 49.9 Å². The van der Waals surface area contributed by atoms with E-state index in [0.717, 1.165) is 4.47 Å². The van der Waals surface area contributed by atoms with Crippen LogP contribution in [0.25, 0.3) is 0 Å². The Morgan fingerprint density at radius 1 is 1.20 bits per heavy atom. The number of nitrogens with one attached hydrogen (secondary N) is 2. The Kier molecular flexibility index (Phi) is 5.46. The van der Waals surface area contributed by atoms with Crippen molar-refractivity contribution in [3.8, 4) is 0 Å². The fourth-order valence-electron chi connectivity index (χ4n) is 1.96.